The highest BCUT2D eigenvalue weighted by molar-refractivity contribution is 5.76. The van der Waals surface area contributed by atoms with E-state index in [1.165, 1.54) is 11.1 Å². The van der Waals surface area contributed by atoms with E-state index in [1.54, 1.807) is 0 Å². The number of amides is 1. The molecule has 0 fully saturated rings. The van der Waals surface area contributed by atoms with Gasteiger partial charge in [0.25, 0.3) is 0 Å². The number of aromatic nitrogens is 2. The van der Waals surface area contributed by atoms with Crippen LogP contribution in [0.2, 0.25) is 0 Å². The van der Waals surface area contributed by atoms with Crippen molar-refractivity contribution in [3.63, 3.8) is 0 Å². The maximum absolute atomic E-state index is 10.4. The molecule has 0 atom stereocenters. The summed E-state index contributed by atoms with van der Waals surface area (Å²) in [5.74, 6) is 0.997. The molecule has 0 saturated heterocycles. The first-order chi connectivity index (χ1) is 10.8. The summed E-state index contributed by atoms with van der Waals surface area (Å²) >= 11 is 0. The number of nitrogens with zero attached hydrogens (tertiary/aromatic N) is 2. The van der Waals surface area contributed by atoms with E-state index in [4.69, 9.17) is 4.98 Å². The first kappa shape index (κ1) is 14.3. The number of fused-ring (bicyclic) bond motifs is 1. The molecule has 0 saturated carbocycles. The fourth-order valence-electron chi connectivity index (χ4n) is 2.73. The molecule has 1 amide bonds. The molecule has 4 heteroatoms. The number of imidazole rings is 1. The summed E-state index contributed by atoms with van der Waals surface area (Å²) in [5, 5.41) is 2.71. The molecule has 112 valence electrons. The minimum absolute atomic E-state index is 0.598. The lowest BCUT2D eigenvalue weighted by molar-refractivity contribution is -0.109. The first-order valence-corrected chi connectivity index (χ1v) is 7.44. The van der Waals surface area contributed by atoms with E-state index >= 15 is 0 Å². The van der Waals surface area contributed by atoms with Gasteiger partial charge in [0.2, 0.25) is 6.41 Å². The van der Waals surface area contributed by atoms with Crippen molar-refractivity contribution < 1.29 is 4.79 Å². The zero-order chi connectivity index (χ0) is 15.4. The van der Waals surface area contributed by atoms with Gasteiger partial charge in [0.1, 0.15) is 5.82 Å². The lowest BCUT2D eigenvalue weighted by atomic mass is 10.1. The maximum atomic E-state index is 10.4. The van der Waals surface area contributed by atoms with Crippen LogP contribution in [0.25, 0.3) is 11.0 Å². The lowest BCUT2D eigenvalue weighted by Crippen LogP contribution is -2.17. The molecule has 3 aromatic rings. The second kappa shape index (κ2) is 6.43. The fourth-order valence-corrected chi connectivity index (χ4v) is 2.73. The van der Waals surface area contributed by atoms with Gasteiger partial charge in [-0.25, -0.2) is 4.98 Å². The van der Waals surface area contributed by atoms with Crippen LogP contribution in [0.3, 0.4) is 0 Å². The van der Waals surface area contributed by atoms with Gasteiger partial charge in [0.05, 0.1) is 11.0 Å². The molecule has 0 aliphatic carbocycles. The molecule has 2 aromatic carbocycles. The number of benzene rings is 2. The van der Waals surface area contributed by atoms with Crippen molar-refractivity contribution in [1.29, 1.82) is 0 Å². The van der Waals surface area contributed by atoms with Crippen molar-refractivity contribution in [3.8, 4) is 0 Å². The Balaban J connectivity index is 1.97. The number of rotatable bonds is 6. The van der Waals surface area contributed by atoms with E-state index < -0.39 is 0 Å². The summed E-state index contributed by atoms with van der Waals surface area (Å²) in [5.41, 5.74) is 4.64. The van der Waals surface area contributed by atoms with E-state index in [9.17, 15) is 4.79 Å². The molecule has 22 heavy (non-hydrogen) atoms. The summed E-state index contributed by atoms with van der Waals surface area (Å²) in [4.78, 5) is 15.2. The molecule has 0 aliphatic rings. The predicted octanol–water partition coefficient (Wildman–Crippen LogP) is 2.68. The minimum atomic E-state index is 0.598. The van der Waals surface area contributed by atoms with Gasteiger partial charge in [0.15, 0.2) is 0 Å². The topological polar surface area (TPSA) is 46.9 Å². The smallest absolute Gasteiger partial charge is 0.207 e. The van der Waals surface area contributed by atoms with E-state index in [0.717, 1.165) is 36.2 Å². The standard InChI is InChI=1S/C18H19N3O/c1-14-5-4-6-15(11-14)12-21-17-8-3-2-7-16(17)20-18(21)9-10-19-13-22/h2-8,11,13H,9-10,12H2,1H3,(H,19,22). The van der Waals surface area contributed by atoms with Crippen LogP contribution in [0.5, 0.6) is 0 Å². The molecule has 3 rings (SSSR count). The second-order valence-corrected chi connectivity index (χ2v) is 5.41. The Morgan fingerprint density at radius 2 is 2.05 bits per heavy atom. The van der Waals surface area contributed by atoms with E-state index in [-0.39, 0.29) is 0 Å². The van der Waals surface area contributed by atoms with Crippen LogP contribution in [0.4, 0.5) is 0 Å². The van der Waals surface area contributed by atoms with Gasteiger partial charge in [-0.05, 0) is 24.6 Å². The van der Waals surface area contributed by atoms with Crippen LogP contribution >= 0.6 is 0 Å². The van der Waals surface area contributed by atoms with Crippen LogP contribution in [-0.4, -0.2) is 22.5 Å². The van der Waals surface area contributed by atoms with Gasteiger partial charge in [-0.3, -0.25) is 4.79 Å². The van der Waals surface area contributed by atoms with Crippen molar-refractivity contribution >= 4 is 17.4 Å². The highest BCUT2D eigenvalue weighted by Gasteiger charge is 2.10. The maximum Gasteiger partial charge on any atom is 0.207 e. The van der Waals surface area contributed by atoms with Crippen LogP contribution < -0.4 is 5.32 Å². The summed E-state index contributed by atoms with van der Waals surface area (Å²) in [6, 6.07) is 16.7. The third-order valence-corrected chi connectivity index (χ3v) is 3.73. The van der Waals surface area contributed by atoms with Crippen molar-refractivity contribution in [3.05, 3.63) is 65.5 Å². The molecule has 1 heterocycles. The average molecular weight is 293 g/mol. The van der Waals surface area contributed by atoms with Gasteiger partial charge < -0.3 is 9.88 Å². The molecule has 1 N–H and O–H groups in total. The van der Waals surface area contributed by atoms with Crippen molar-refractivity contribution in [2.24, 2.45) is 0 Å². The SMILES string of the molecule is Cc1cccc(Cn2c(CCNC=O)nc3ccccc32)c1. The van der Waals surface area contributed by atoms with Crippen molar-refractivity contribution in [1.82, 2.24) is 14.9 Å². The van der Waals surface area contributed by atoms with Gasteiger partial charge in [-0.1, -0.05) is 42.0 Å². The zero-order valence-electron chi connectivity index (χ0n) is 12.6. The normalized spacial score (nSPS) is 10.8. The Labute approximate surface area is 129 Å². The number of carbonyl (C=O) groups is 1. The van der Waals surface area contributed by atoms with Crippen molar-refractivity contribution in [2.75, 3.05) is 6.54 Å². The summed E-state index contributed by atoms with van der Waals surface area (Å²) in [6.45, 7) is 3.49. The number of hydrogen-bond acceptors (Lipinski definition) is 2. The van der Waals surface area contributed by atoms with Crippen LogP contribution in [-0.2, 0) is 17.8 Å². The summed E-state index contributed by atoms with van der Waals surface area (Å²) in [7, 11) is 0. The molecule has 0 spiro atoms. The molecule has 0 radical (unpaired) electrons. The van der Waals surface area contributed by atoms with Gasteiger partial charge in [0, 0.05) is 19.5 Å². The molecule has 0 unspecified atom stereocenters. The third-order valence-electron chi connectivity index (χ3n) is 3.73. The molecule has 0 aliphatic heterocycles. The lowest BCUT2D eigenvalue weighted by Gasteiger charge is -2.10. The zero-order valence-corrected chi connectivity index (χ0v) is 12.6. The van der Waals surface area contributed by atoms with E-state index in [1.807, 2.05) is 18.2 Å². The number of aryl methyl sites for hydroxylation is 1. The molecular formula is C18H19N3O. The Hall–Kier alpha value is -2.62. The minimum Gasteiger partial charge on any atom is -0.358 e. The molecule has 0 bridgehead atoms. The van der Waals surface area contributed by atoms with E-state index in [2.05, 4.69) is 47.1 Å². The number of para-hydroxylation sites is 2. The fraction of sp³-hybridized carbons (Fsp3) is 0.222. The Morgan fingerprint density at radius 1 is 1.18 bits per heavy atom. The second-order valence-electron chi connectivity index (χ2n) is 5.41. The quantitative estimate of drug-likeness (QED) is 0.561. The number of carbonyl (C=O) groups excluding carboxylic acids is 1. The van der Waals surface area contributed by atoms with Crippen LogP contribution in [0.15, 0.2) is 48.5 Å². The summed E-state index contributed by atoms with van der Waals surface area (Å²) in [6.07, 6.45) is 1.45. The molecule has 1 aromatic heterocycles. The van der Waals surface area contributed by atoms with Crippen LogP contribution in [0, 0.1) is 6.92 Å². The highest BCUT2D eigenvalue weighted by atomic mass is 16.1. The van der Waals surface area contributed by atoms with Gasteiger partial charge >= 0.3 is 0 Å². The monoisotopic (exact) mass is 293 g/mol. The Bertz CT molecular complexity index is 792. The highest BCUT2D eigenvalue weighted by Crippen LogP contribution is 2.18. The molecule has 4 nitrogen and oxygen atoms in total. The van der Waals surface area contributed by atoms with Gasteiger partial charge in [-0.15, -0.1) is 0 Å². The van der Waals surface area contributed by atoms with E-state index in [0.29, 0.717) is 6.54 Å². The number of hydrogen-bond donors (Lipinski definition) is 1. The Kier molecular flexibility index (Phi) is 4.19. The van der Waals surface area contributed by atoms with Crippen LogP contribution in [0.1, 0.15) is 17.0 Å². The Morgan fingerprint density at radius 3 is 2.86 bits per heavy atom. The van der Waals surface area contributed by atoms with Gasteiger partial charge in [-0.2, -0.15) is 0 Å². The van der Waals surface area contributed by atoms with Crippen molar-refractivity contribution in [2.45, 2.75) is 19.9 Å². The average Bonchev–Trinajstić information content (AvgIpc) is 2.86. The molecular weight excluding hydrogens is 274 g/mol. The first-order valence-electron chi connectivity index (χ1n) is 7.44. The predicted molar refractivity (Wildman–Crippen MR) is 87.8 cm³/mol. The largest absolute Gasteiger partial charge is 0.358 e. The third kappa shape index (κ3) is 3.01. The summed E-state index contributed by atoms with van der Waals surface area (Å²) < 4.78 is 2.23. The number of nitrogens with one attached hydrogen (secondary N) is 1.